The molecule has 7 nitrogen and oxygen atoms in total. The van der Waals surface area contributed by atoms with Crippen LogP contribution in [-0.2, 0) is 16.1 Å². The molecular formula is C23H27N3O4. The van der Waals surface area contributed by atoms with Crippen LogP contribution < -0.4 is 15.4 Å². The molecule has 1 atom stereocenters. The lowest BCUT2D eigenvalue weighted by molar-refractivity contribution is -0.129. The first-order valence-corrected chi connectivity index (χ1v) is 9.99. The predicted molar refractivity (Wildman–Crippen MR) is 114 cm³/mol. The molecule has 30 heavy (non-hydrogen) atoms. The van der Waals surface area contributed by atoms with E-state index in [-0.39, 0.29) is 30.2 Å². The number of rotatable bonds is 7. The zero-order chi connectivity index (χ0) is 21.7. The standard InChI is InChI=1S/C23H27N3O4/c1-15(2)26-14-17(12-21(26)27)22(28)25-20-10-5-4-9-19(20)23(29)24-13-16-7-6-8-18(11-16)30-3/h4-11,15,17H,12-14H2,1-3H3,(H,24,29)(H,25,28)/t17-/m0/s1. The van der Waals surface area contributed by atoms with E-state index >= 15 is 0 Å². The lowest BCUT2D eigenvalue weighted by atomic mass is 10.1. The molecule has 3 amide bonds. The molecule has 158 valence electrons. The summed E-state index contributed by atoms with van der Waals surface area (Å²) in [6, 6.07) is 14.4. The number of hydrogen-bond donors (Lipinski definition) is 2. The minimum Gasteiger partial charge on any atom is -0.497 e. The first-order valence-electron chi connectivity index (χ1n) is 9.99. The van der Waals surface area contributed by atoms with Crippen molar-refractivity contribution in [2.75, 3.05) is 19.0 Å². The fourth-order valence-electron chi connectivity index (χ4n) is 3.49. The molecule has 1 aliphatic rings. The van der Waals surface area contributed by atoms with E-state index in [1.807, 2.05) is 38.1 Å². The van der Waals surface area contributed by atoms with Gasteiger partial charge in [-0.05, 0) is 43.7 Å². The largest absolute Gasteiger partial charge is 0.497 e. The molecule has 7 heteroatoms. The van der Waals surface area contributed by atoms with E-state index in [4.69, 9.17) is 4.74 Å². The monoisotopic (exact) mass is 409 g/mol. The SMILES string of the molecule is COc1cccc(CNC(=O)c2ccccc2NC(=O)[C@H]2CC(=O)N(C(C)C)C2)c1. The van der Waals surface area contributed by atoms with Crippen molar-refractivity contribution in [2.24, 2.45) is 5.92 Å². The van der Waals surface area contributed by atoms with E-state index in [0.29, 0.717) is 24.3 Å². The molecule has 0 bridgehead atoms. The summed E-state index contributed by atoms with van der Waals surface area (Å²) in [7, 11) is 1.59. The van der Waals surface area contributed by atoms with Gasteiger partial charge in [0.1, 0.15) is 5.75 Å². The van der Waals surface area contributed by atoms with Gasteiger partial charge in [-0.2, -0.15) is 0 Å². The van der Waals surface area contributed by atoms with Gasteiger partial charge in [-0.1, -0.05) is 24.3 Å². The van der Waals surface area contributed by atoms with E-state index in [9.17, 15) is 14.4 Å². The second-order valence-electron chi connectivity index (χ2n) is 7.61. The molecule has 0 spiro atoms. The maximum atomic E-state index is 12.7. The van der Waals surface area contributed by atoms with Crippen molar-refractivity contribution in [2.45, 2.75) is 32.9 Å². The van der Waals surface area contributed by atoms with Gasteiger partial charge in [0.15, 0.2) is 0 Å². The number of methoxy groups -OCH3 is 1. The van der Waals surface area contributed by atoms with Gasteiger partial charge in [0, 0.05) is 25.6 Å². The summed E-state index contributed by atoms with van der Waals surface area (Å²) >= 11 is 0. The topological polar surface area (TPSA) is 87.7 Å². The highest BCUT2D eigenvalue weighted by atomic mass is 16.5. The van der Waals surface area contributed by atoms with Gasteiger partial charge >= 0.3 is 0 Å². The number of likely N-dealkylation sites (tertiary alicyclic amines) is 1. The fourth-order valence-corrected chi connectivity index (χ4v) is 3.49. The number of ether oxygens (including phenoxy) is 1. The highest BCUT2D eigenvalue weighted by Crippen LogP contribution is 2.23. The summed E-state index contributed by atoms with van der Waals surface area (Å²) in [4.78, 5) is 39.3. The highest BCUT2D eigenvalue weighted by molar-refractivity contribution is 6.05. The van der Waals surface area contributed by atoms with Crippen LogP contribution in [0.25, 0.3) is 0 Å². The van der Waals surface area contributed by atoms with Crippen molar-refractivity contribution in [3.05, 3.63) is 59.7 Å². The molecule has 2 aromatic carbocycles. The molecule has 0 aromatic heterocycles. The number of carbonyl (C=O) groups is 3. The zero-order valence-electron chi connectivity index (χ0n) is 17.5. The van der Waals surface area contributed by atoms with Crippen LogP contribution in [0.5, 0.6) is 5.75 Å². The average Bonchev–Trinajstić information content (AvgIpc) is 3.14. The Morgan fingerprint density at radius 3 is 2.63 bits per heavy atom. The quantitative estimate of drug-likeness (QED) is 0.736. The van der Waals surface area contributed by atoms with Crippen LogP contribution in [0.1, 0.15) is 36.2 Å². The van der Waals surface area contributed by atoms with Crippen LogP contribution in [0.15, 0.2) is 48.5 Å². The van der Waals surface area contributed by atoms with E-state index in [1.54, 1.807) is 36.3 Å². The summed E-state index contributed by atoms with van der Waals surface area (Å²) < 4.78 is 5.20. The Morgan fingerprint density at radius 2 is 1.93 bits per heavy atom. The Bertz CT molecular complexity index is 942. The molecule has 0 unspecified atom stereocenters. The van der Waals surface area contributed by atoms with Gasteiger partial charge in [0.2, 0.25) is 11.8 Å². The number of hydrogen-bond acceptors (Lipinski definition) is 4. The highest BCUT2D eigenvalue weighted by Gasteiger charge is 2.35. The van der Waals surface area contributed by atoms with Crippen molar-refractivity contribution < 1.29 is 19.1 Å². The van der Waals surface area contributed by atoms with Gasteiger partial charge in [-0.3, -0.25) is 14.4 Å². The minimum atomic E-state index is -0.423. The molecule has 1 aliphatic heterocycles. The van der Waals surface area contributed by atoms with Gasteiger partial charge in [-0.25, -0.2) is 0 Å². The third-order valence-corrected chi connectivity index (χ3v) is 5.17. The predicted octanol–water partition coefficient (Wildman–Crippen LogP) is 2.82. The van der Waals surface area contributed by atoms with Crippen LogP contribution in [-0.4, -0.2) is 42.3 Å². The van der Waals surface area contributed by atoms with Crippen molar-refractivity contribution in [3.8, 4) is 5.75 Å². The van der Waals surface area contributed by atoms with Crippen LogP contribution in [0.2, 0.25) is 0 Å². The third-order valence-electron chi connectivity index (χ3n) is 5.17. The van der Waals surface area contributed by atoms with Crippen molar-refractivity contribution in [1.82, 2.24) is 10.2 Å². The summed E-state index contributed by atoms with van der Waals surface area (Å²) in [5.74, 6) is -0.266. The number of anilines is 1. The van der Waals surface area contributed by atoms with Crippen molar-refractivity contribution in [3.63, 3.8) is 0 Å². The Hall–Kier alpha value is -3.35. The second kappa shape index (κ2) is 9.43. The molecular weight excluding hydrogens is 382 g/mol. The number of amides is 3. The molecule has 3 rings (SSSR count). The Balaban J connectivity index is 1.66. The number of nitrogens with zero attached hydrogens (tertiary/aromatic N) is 1. The maximum absolute atomic E-state index is 12.7. The molecule has 0 radical (unpaired) electrons. The lowest BCUT2D eigenvalue weighted by Gasteiger charge is -2.20. The molecule has 1 fully saturated rings. The van der Waals surface area contributed by atoms with Crippen LogP contribution >= 0.6 is 0 Å². The van der Waals surface area contributed by atoms with Crippen LogP contribution in [0, 0.1) is 5.92 Å². The number of para-hydroxylation sites is 1. The van der Waals surface area contributed by atoms with E-state index < -0.39 is 5.92 Å². The fraction of sp³-hybridized carbons (Fsp3) is 0.348. The summed E-state index contributed by atoms with van der Waals surface area (Å²) in [6.45, 7) is 4.59. The average molecular weight is 409 g/mol. The van der Waals surface area contributed by atoms with E-state index in [1.165, 1.54) is 0 Å². The number of benzene rings is 2. The number of carbonyl (C=O) groups excluding carboxylic acids is 3. The van der Waals surface area contributed by atoms with E-state index in [2.05, 4.69) is 10.6 Å². The van der Waals surface area contributed by atoms with Gasteiger partial charge < -0.3 is 20.3 Å². The number of nitrogens with one attached hydrogen (secondary N) is 2. The third kappa shape index (κ3) is 4.97. The van der Waals surface area contributed by atoms with Gasteiger partial charge in [-0.15, -0.1) is 0 Å². The Morgan fingerprint density at radius 1 is 1.17 bits per heavy atom. The van der Waals surface area contributed by atoms with Crippen LogP contribution in [0.3, 0.4) is 0 Å². The minimum absolute atomic E-state index is 0.0190. The smallest absolute Gasteiger partial charge is 0.253 e. The lowest BCUT2D eigenvalue weighted by Crippen LogP contribution is -2.33. The first kappa shape index (κ1) is 21.4. The first-order chi connectivity index (χ1) is 14.4. The maximum Gasteiger partial charge on any atom is 0.253 e. The zero-order valence-corrected chi connectivity index (χ0v) is 17.5. The van der Waals surface area contributed by atoms with Crippen molar-refractivity contribution in [1.29, 1.82) is 0 Å². The summed E-state index contributed by atoms with van der Waals surface area (Å²) in [5, 5.41) is 5.70. The second-order valence-corrected chi connectivity index (χ2v) is 7.61. The van der Waals surface area contributed by atoms with Crippen molar-refractivity contribution >= 4 is 23.4 Å². The Kier molecular flexibility index (Phi) is 6.72. The molecule has 2 N–H and O–H groups in total. The van der Waals surface area contributed by atoms with Gasteiger partial charge in [0.25, 0.3) is 5.91 Å². The molecule has 0 saturated carbocycles. The normalized spacial score (nSPS) is 15.9. The Labute approximate surface area is 176 Å². The summed E-state index contributed by atoms with van der Waals surface area (Å²) in [5.41, 5.74) is 1.71. The molecule has 0 aliphatic carbocycles. The summed E-state index contributed by atoms with van der Waals surface area (Å²) in [6.07, 6.45) is 0.189. The van der Waals surface area contributed by atoms with Crippen LogP contribution in [0.4, 0.5) is 5.69 Å². The molecule has 2 aromatic rings. The van der Waals surface area contributed by atoms with E-state index in [0.717, 1.165) is 11.3 Å². The molecule has 1 saturated heterocycles. The van der Waals surface area contributed by atoms with Gasteiger partial charge in [0.05, 0.1) is 24.3 Å². The molecule has 1 heterocycles.